The van der Waals surface area contributed by atoms with Gasteiger partial charge in [0.2, 0.25) is 11.8 Å². The van der Waals surface area contributed by atoms with Gasteiger partial charge in [-0.2, -0.15) is 0 Å². The first-order valence-corrected chi connectivity index (χ1v) is 14.8. The van der Waals surface area contributed by atoms with Gasteiger partial charge in [-0.15, -0.1) is 0 Å². The van der Waals surface area contributed by atoms with E-state index >= 15 is 0 Å². The monoisotopic (exact) mass is 585 g/mol. The summed E-state index contributed by atoms with van der Waals surface area (Å²) in [7, 11) is -2.67. The summed E-state index contributed by atoms with van der Waals surface area (Å²) in [6.07, 6.45) is 0. The summed E-state index contributed by atoms with van der Waals surface area (Å²) < 4.78 is 34.0. The molecule has 0 saturated carbocycles. The van der Waals surface area contributed by atoms with E-state index in [4.69, 9.17) is 16.3 Å². The fraction of sp³-hybridized carbons (Fsp3) is 0.333. The Hall–Kier alpha value is -3.56. The SMILES string of the molecule is COc1ccc(S(=O)(=O)N(CC(=O)N(Cc2ccccc2Cl)[C@@H](C)C(=O)NCC(C)C)c2ccc(C)cc2)cc1. The zero-order valence-electron chi connectivity index (χ0n) is 23.4. The molecule has 2 amide bonds. The molecule has 0 unspecified atom stereocenters. The van der Waals surface area contributed by atoms with Crippen molar-refractivity contribution in [1.29, 1.82) is 0 Å². The van der Waals surface area contributed by atoms with Gasteiger partial charge in [-0.05, 0) is 67.8 Å². The minimum Gasteiger partial charge on any atom is -0.497 e. The lowest BCUT2D eigenvalue weighted by atomic mass is 10.1. The van der Waals surface area contributed by atoms with Crippen LogP contribution in [0.1, 0.15) is 31.9 Å². The van der Waals surface area contributed by atoms with Gasteiger partial charge >= 0.3 is 0 Å². The third-order valence-corrected chi connectivity index (χ3v) is 8.56. The van der Waals surface area contributed by atoms with Crippen LogP contribution in [0.3, 0.4) is 0 Å². The predicted molar refractivity (Wildman–Crippen MR) is 158 cm³/mol. The third kappa shape index (κ3) is 7.76. The molecular weight excluding hydrogens is 550 g/mol. The van der Waals surface area contributed by atoms with Crippen molar-refractivity contribution in [3.63, 3.8) is 0 Å². The molecule has 10 heteroatoms. The van der Waals surface area contributed by atoms with Gasteiger partial charge < -0.3 is 15.0 Å². The van der Waals surface area contributed by atoms with Gasteiger partial charge in [-0.25, -0.2) is 8.42 Å². The zero-order chi connectivity index (χ0) is 29.4. The number of hydrogen-bond acceptors (Lipinski definition) is 5. The lowest BCUT2D eigenvalue weighted by Crippen LogP contribution is -2.51. The molecule has 3 aromatic rings. The van der Waals surface area contributed by atoms with Crippen LogP contribution in [-0.2, 0) is 26.2 Å². The summed E-state index contributed by atoms with van der Waals surface area (Å²) in [5, 5.41) is 3.31. The number of nitrogens with one attached hydrogen (secondary N) is 1. The second kappa shape index (κ2) is 13.7. The molecule has 0 spiro atoms. The smallest absolute Gasteiger partial charge is 0.264 e. The van der Waals surface area contributed by atoms with Gasteiger partial charge in [0.15, 0.2) is 0 Å². The molecule has 0 fully saturated rings. The minimum absolute atomic E-state index is 0.00190. The largest absolute Gasteiger partial charge is 0.497 e. The molecule has 0 aliphatic carbocycles. The van der Waals surface area contributed by atoms with Crippen LogP contribution in [-0.4, -0.2) is 51.4 Å². The highest BCUT2D eigenvalue weighted by atomic mass is 35.5. The van der Waals surface area contributed by atoms with Crippen molar-refractivity contribution < 1.29 is 22.7 Å². The Labute approximate surface area is 241 Å². The van der Waals surface area contributed by atoms with Crippen molar-refractivity contribution in [3.8, 4) is 5.75 Å². The molecule has 0 aliphatic rings. The fourth-order valence-electron chi connectivity index (χ4n) is 3.96. The van der Waals surface area contributed by atoms with Gasteiger partial charge in [-0.3, -0.25) is 13.9 Å². The van der Waals surface area contributed by atoms with Gasteiger partial charge in [0, 0.05) is 18.1 Å². The maximum absolute atomic E-state index is 13.9. The maximum Gasteiger partial charge on any atom is 0.264 e. The molecular formula is C30H36ClN3O5S. The second-order valence-corrected chi connectivity index (χ2v) is 12.2. The number of amides is 2. The fourth-order valence-corrected chi connectivity index (χ4v) is 5.57. The lowest BCUT2D eigenvalue weighted by Gasteiger charge is -2.32. The molecule has 0 radical (unpaired) electrons. The average Bonchev–Trinajstić information content (AvgIpc) is 2.94. The van der Waals surface area contributed by atoms with E-state index in [0.29, 0.717) is 28.6 Å². The van der Waals surface area contributed by atoms with Crippen LogP contribution < -0.4 is 14.4 Å². The molecule has 1 N–H and O–H groups in total. The highest BCUT2D eigenvalue weighted by Gasteiger charge is 2.32. The van der Waals surface area contributed by atoms with Crippen LogP contribution in [0.15, 0.2) is 77.7 Å². The van der Waals surface area contributed by atoms with E-state index in [1.807, 2.05) is 20.8 Å². The number of aryl methyl sites for hydroxylation is 1. The van der Waals surface area contributed by atoms with Crippen molar-refractivity contribution in [1.82, 2.24) is 10.2 Å². The van der Waals surface area contributed by atoms with Crippen LogP contribution >= 0.6 is 11.6 Å². The molecule has 8 nitrogen and oxygen atoms in total. The topological polar surface area (TPSA) is 96.0 Å². The summed E-state index contributed by atoms with van der Waals surface area (Å²) in [5.74, 6) is -0.168. The van der Waals surface area contributed by atoms with Crippen molar-refractivity contribution in [3.05, 3.63) is 88.9 Å². The molecule has 0 aromatic heterocycles. The number of hydrogen-bond donors (Lipinski definition) is 1. The van der Waals surface area contributed by atoms with Crippen LogP contribution in [0.25, 0.3) is 0 Å². The predicted octanol–water partition coefficient (Wildman–Crippen LogP) is 5.04. The number of carbonyl (C=O) groups is 2. The number of benzene rings is 3. The van der Waals surface area contributed by atoms with E-state index < -0.39 is 28.5 Å². The second-order valence-electron chi connectivity index (χ2n) is 9.95. The number of nitrogens with zero attached hydrogens (tertiary/aromatic N) is 2. The van der Waals surface area contributed by atoms with Gasteiger partial charge in [0.25, 0.3) is 10.0 Å². The van der Waals surface area contributed by atoms with Gasteiger partial charge in [-0.1, -0.05) is 61.3 Å². The Morgan fingerprint density at radius 1 is 0.950 bits per heavy atom. The first kappa shape index (κ1) is 31.0. The van der Waals surface area contributed by atoms with Crippen LogP contribution in [0.5, 0.6) is 5.75 Å². The molecule has 0 aliphatic heterocycles. The maximum atomic E-state index is 13.9. The van der Waals surface area contributed by atoms with Gasteiger partial charge in [0.05, 0.1) is 17.7 Å². The van der Waals surface area contributed by atoms with Gasteiger partial charge in [0.1, 0.15) is 18.3 Å². The molecule has 0 saturated heterocycles. The summed E-state index contributed by atoms with van der Waals surface area (Å²) >= 11 is 6.40. The first-order valence-electron chi connectivity index (χ1n) is 13.0. The Bertz CT molecular complexity index is 1410. The number of halogens is 1. The van der Waals surface area contributed by atoms with Crippen molar-refractivity contribution >= 4 is 39.1 Å². The van der Waals surface area contributed by atoms with Crippen molar-refractivity contribution in [2.75, 3.05) is 24.5 Å². The quantitative estimate of drug-likeness (QED) is 0.321. The molecule has 3 rings (SSSR count). The molecule has 3 aromatic carbocycles. The molecule has 1 atom stereocenters. The highest BCUT2D eigenvalue weighted by molar-refractivity contribution is 7.92. The van der Waals surface area contributed by atoms with E-state index in [1.165, 1.54) is 24.1 Å². The van der Waals surface area contributed by atoms with E-state index in [-0.39, 0.29) is 23.3 Å². The average molecular weight is 586 g/mol. The van der Waals surface area contributed by atoms with Crippen molar-refractivity contribution in [2.45, 2.75) is 45.2 Å². The lowest BCUT2D eigenvalue weighted by molar-refractivity contribution is -0.139. The highest BCUT2D eigenvalue weighted by Crippen LogP contribution is 2.27. The first-order chi connectivity index (χ1) is 18.9. The van der Waals surface area contributed by atoms with E-state index in [0.717, 1.165) is 9.87 Å². The third-order valence-electron chi connectivity index (χ3n) is 6.40. The van der Waals surface area contributed by atoms with E-state index in [1.54, 1.807) is 67.6 Å². The summed E-state index contributed by atoms with van der Waals surface area (Å²) in [5.41, 5.74) is 1.90. The van der Waals surface area contributed by atoms with E-state index in [2.05, 4.69) is 5.32 Å². The van der Waals surface area contributed by atoms with E-state index in [9.17, 15) is 18.0 Å². The molecule has 0 bridgehead atoms. The Kier molecular flexibility index (Phi) is 10.6. The summed E-state index contributed by atoms with van der Waals surface area (Å²) in [6, 6.07) is 19.0. The Morgan fingerprint density at radius 3 is 2.15 bits per heavy atom. The molecule has 214 valence electrons. The molecule has 40 heavy (non-hydrogen) atoms. The zero-order valence-corrected chi connectivity index (χ0v) is 25.0. The molecule has 0 heterocycles. The van der Waals surface area contributed by atoms with Crippen molar-refractivity contribution in [2.24, 2.45) is 5.92 Å². The Balaban J connectivity index is 2.02. The number of sulfonamides is 1. The summed E-state index contributed by atoms with van der Waals surface area (Å²) in [6.45, 7) is 7.40. The number of ether oxygens (including phenoxy) is 1. The standard InChI is InChI=1S/C30H36ClN3O5S/c1-21(2)18-32-30(36)23(4)33(19-24-8-6-7-9-28(24)31)29(35)20-34(25-12-10-22(3)11-13-25)40(37,38)27-16-14-26(39-5)15-17-27/h6-17,21,23H,18-20H2,1-5H3,(H,32,36)/t23-/m0/s1. The number of carbonyl (C=O) groups excluding carboxylic acids is 2. The normalized spacial score (nSPS) is 12.1. The number of anilines is 1. The number of methoxy groups -OCH3 is 1. The number of rotatable bonds is 12. The van der Waals surface area contributed by atoms with Crippen LogP contribution in [0, 0.1) is 12.8 Å². The minimum atomic E-state index is -4.17. The Morgan fingerprint density at radius 2 is 1.57 bits per heavy atom. The summed E-state index contributed by atoms with van der Waals surface area (Å²) in [4.78, 5) is 28.4. The van der Waals surface area contributed by atoms with Crippen LogP contribution in [0.2, 0.25) is 5.02 Å². The van der Waals surface area contributed by atoms with Crippen LogP contribution in [0.4, 0.5) is 5.69 Å².